The highest BCUT2D eigenvalue weighted by atomic mass is 35.5. The second-order valence-corrected chi connectivity index (χ2v) is 8.05. The van der Waals surface area contributed by atoms with Gasteiger partial charge in [-0.05, 0) is 24.6 Å². The van der Waals surface area contributed by atoms with Crippen LogP contribution in [0.3, 0.4) is 0 Å². The molecule has 0 spiro atoms. The van der Waals surface area contributed by atoms with Gasteiger partial charge in [-0.25, -0.2) is 0 Å². The Morgan fingerprint density at radius 2 is 1.72 bits per heavy atom. The van der Waals surface area contributed by atoms with Crippen molar-refractivity contribution in [3.05, 3.63) is 70.4 Å². The molecule has 2 aromatic carbocycles. The van der Waals surface area contributed by atoms with Crippen molar-refractivity contribution >= 4 is 22.4 Å². The van der Waals surface area contributed by atoms with Crippen LogP contribution < -0.4 is 0 Å². The lowest BCUT2D eigenvalue weighted by Gasteiger charge is -2.12. The quantitative estimate of drug-likeness (QED) is 0.441. The molecule has 0 N–H and O–H groups in total. The van der Waals surface area contributed by atoms with Gasteiger partial charge in [0.2, 0.25) is 5.76 Å². The average Bonchev–Trinajstić information content (AvgIpc) is 3.11. The summed E-state index contributed by atoms with van der Waals surface area (Å²) in [4.78, 5) is -0.110. The molecule has 1 aromatic heterocycles. The first-order valence-electron chi connectivity index (χ1n) is 8.15. The van der Waals surface area contributed by atoms with E-state index in [4.69, 9.17) is 16.1 Å². The van der Waals surface area contributed by atoms with Gasteiger partial charge in [-0.1, -0.05) is 47.1 Å². The Kier molecular flexibility index (Phi) is 5.82. The van der Waals surface area contributed by atoms with E-state index in [0.717, 1.165) is 12.1 Å². The van der Waals surface area contributed by atoms with Gasteiger partial charge < -0.3 is 4.52 Å². The van der Waals surface area contributed by atoms with Crippen molar-refractivity contribution in [1.82, 2.24) is 5.16 Å². The molecule has 0 saturated carbocycles. The molecular formula is C19H13ClF5NO2S. The van der Waals surface area contributed by atoms with Crippen LogP contribution in [-0.2, 0) is 16.7 Å². The van der Waals surface area contributed by atoms with Crippen LogP contribution in [0.25, 0.3) is 11.3 Å². The maximum Gasteiger partial charge on any atom is 0.400 e. The third-order valence-corrected chi connectivity index (χ3v) is 5.87. The zero-order chi connectivity index (χ0) is 21.4. The van der Waals surface area contributed by atoms with E-state index < -0.39 is 34.4 Å². The first-order valence-corrected chi connectivity index (χ1v) is 9.85. The predicted octanol–water partition coefficient (Wildman–Crippen LogP) is 6.11. The van der Waals surface area contributed by atoms with E-state index in [0.29, 0.717) is 0 Å². The van der Waals surface area contributed by atoms with Crippen molar-refractivity contribution in [2.45, 2.75) is 23.9 Å². The fourth-order valence-corrected chi connectivity index (χ4v) is 4.10. The van der Waals surface area contributed by atoms with E-state index in [-0.39, 0.29) is 32.3 Å². The van der Waals surface area contributed by atoms with Gasteiger partial charge in [0, 0.05) is 22.1 Å². The summed E-state index contributed by atoms with van der Waals surface area (Å²) in [6.07, 6.45) is -4.63. The summed E-state index contributed by atoms with van der Waals surface area (Å²) in [5.74, 6) is -5.77. The van der Waals surface area contributed by atoms with Crippen LogP contribution in [0.4, 0.5) is 22.0 Å². The lowest BCUT2D eigenvalue weighted by Crippen LogP contribution is -2.19. The summed E-state index contributed by atoms with van der Waals surface area (Å²) in [6, 6.07) is 10.3. The molecular weight excluding hydrogens is 437 g/mol. The standard InChI is InChI=1S/C19H13ClF5NO2S/c1-11-7-14(20)13(8-16(11)29(27)10-18(21,22)23)15-9-17(28-26-15)19(24,25)12-5-3-2-4-6-12/h2-9H,10H2,1H3. The molecule has 0 saturated heterocycles. The largest absolute Gasteiger partial charge is 0.400 e. The minimum Gasteiger partial charge on any atom is -0.354 e. The molecule has 1 heterocycles. The van der Waals surface area contributed by atoms with Crippen molar-refractivity contribution in [3.8, 4) is 11.3 Å². The number of aryl methyl sites for hydroxylation is 1. The third kappa shape index (κ3) is 4.67. The van der Waals surface area contributed by atoms with Crippen molar-refractivity contribution in [1.29, 1.82) is 0 Å². The molecule has 0 fully saturated rings. The van der Waals surface area contributed by atoms with E-state index >= 15 is 0 Å². The van der Waals surface area contributed by atoms with Crippen LogP contribution in [0.15, 0.2) is 57.9 Å². The Morgan fingerprint density at radius 3 is 2.34 bits per heavy atom. The summed E-state index contributed by atoms with van der Waals surface area (Å²) >= 11 is 6.12. The highest BCUT2D eigenvalue weighted by Crippen LogP contribution is 2.39. The molecule has 154 valence electrons. The molecule has 0 radical (unpaired) electrons. The van der Waals surface area contributed by atoms with Crippen molar-refractivity contribution < 1.29 is 30.7 Å². The molecule has 0 bridgehead atoms. The van der Waals surface area contributed by atoms with Crippen LogP contribution in [0, 0.1) is 6.92 Å². The molecule has 0 aliphatic heterocycles. The maximum atomic E-state index is 14.6. The highest BCUT2D eigenvalue weighted by Gasteiger charge is 2.39. The van der Waals surface area contributed by atoms with Gasteiger partial charge in [-0.2, -0.15) is 22.0 Å². The molecule has 0 aliphatic rings. The van der Waals surface area contributed by atoms with Gasteiger partial charge in [0.05, 0.1) is 15.8 Å². The first-order chi connectivity index (χ1) is 13.5. The number of nitrogens with zero attached hydrogens (tertiary/aromatic N) is 1. The summed E-state index contributed by atoms with van der Waals surface area (Å²) in [5, 5.41) is 3.64. The van der Waals surface area contributed by atoms with E-state index in [1.54, 1.807) is 6.07 Å². The van der Waals surface area contributed by atoms with Crippen molar-refractivity contribution in [2.75, 3.05) is 5.75 Å². The van der Waals surface area contributed by atoms with Gasteiger partial charge >= 0.3 is 12.1 Å². The van der Waals surface area contributed by atoms with Crippen LogP contribution in [0.1, 0.15) is 16.9 Å². The second-order valence-electron chi connectivity index (χ2n) is 6.22. The molecule has 3 nitrogen and oxygen atoms in total. The minimum atomic E-state index is -4.63. The number of benzene rings is 2. The molecule has 3 rings (SSSR count). The number of alkyl halides is 5. The van der Waals surface area contributed by atoms with Crippen LogP contribution in [-0.4, -0.2) is 21.3 Å². The summed E-state index contributed by atoms with van der Waals surface area (Å²) in [7, 11) is -2.39. The summed E-state index contributed by atoms with van der Waals surface area (Å²) < 4.78 is 83.9. The maximum absolute atomic E-state index is 14.6. The molecule has 0 aliphatic carbocycles. The number of halogens is 6. The molecule has 1 unspecified atom stereocenters. The zero-order valence-corrected chi connectivity index (χ0v) is 16.3. The Hall–Kier alpha value is -2.26. The monoisotopic (exact) mass is 449 g/mol. The fraction of sp³-hybridized carbons (Fsp3) is 0.211. The lowest BCUT2D eigenvalue weighted by atomic mass is 10.0. The normalized spacial score (nSPS) is 13.5. The minimum absolute atomic E-state index is 0.0432. The van der Waals surface area contributed by atoms with Crippen LogP contribution in [0.2, 0.25) is 5.02 Å². The smallest absolute Gasteiger partial charge is 0.354 e. The Balaban J connectivity index is 2.00. The van der Waals surface area contributed by atoms with E-state index in [2.05, 4.69) is 5.16 Å². The SMILES string of the molecule is Cc1cc(Cl)c(-c2cc(C(F)(F)c3ccccc3)on2)cc1S(=O)CC(F)(F)F. The Bertz CT molecular complexity index is 1050. The van der Waals surface area contributed by atoms with E-state index in [1.807, 2.05) is 0 Å². The van der Waals surface area contributed by atoms with Crippen molar-refractivity contribution in [2.24, 2.45) is 0 Å². The highest BCUT2D eigenvalue weighted by molar-refractivity contribution is 7.85. The van der Waals surface area contributed by atoms with E-state index in [9.17, 15) is 26.2 Å². The lowest BCUT2D eigenvalue weighted by molar-refractivity contribution is -0.105. The summed E-state index contributed by atoms with van der Waals surface area (Å²) in [6.45, 7) is 1.46. The first kappa shape index (κ1) is 21.4. The predicted molar refractivity (Wildman–Crippen MR) is 98.5 cm³/mol. The Labute approximate surface area is 169 Å². The Morgan fingerprint density at radius 1 is 1.07 bits per heavy atom. The second kappa shape index (κ2) is 7.87. The van der Waals surface area contributed by atoms with Crippen LogP contribution in [0.5, 0.6) is 0 Å². The average molecular weight is 450 g/mol. The zero-order valence-electron chi connectivity index (χ0n) is 14.8. The number of aromatic nitrogens is 1. The molecule has 29 heavy (non-hydrogen) atoms. The fourth-order valence-electron chi connectivity index (χ4n) is 2.66. The van der Waals surface area contributed by atoms with Gasteiger partial charge in [0.15, 0.2) is 0 Å². The van der Waals surface area contributed by atoms with Gasteiger partial charge in [0.25, 0.3) is 0 Å². The van der Waals surface area contributed by atoms with Crippen LogP contribution >= 0.6 is 11.6 Å². The van der Waals surface area contributed by atoms with Gasteiger partial charge in [-0.15, -0.1) is 0 Å². The van der Waals surface area contributed by atoms with E-state index in [1.165, 1.54) is 37.3 Å². The molecule has 1 atom stereocenters. The molecule has 3 aromatic rings. The topological polar surface area (TPSA) is 43.1 Å². The molecule has 0 amide bonds. The van der Waals surface area contributed by atoms with Gasteiger partial charge in [0.1, 0.15) is 11.4 Å². The van der Waals surface area contributed by atoms with Crippen molar-refractivity contribution in [3.63, 3.8) is 0 Å². The molecule has 10 heteroatoms. The summed E-state index contributed by atoms with van der Waals surface area (Å²) in [5.41, 5.74) is -0.100. The third-order valence-electron chi connectivity index (χ3n) is 4.04. The number of hydrogen-bond donors (Lipinski definition) is 0. The number of rotatable bonds is 5. The number of hydrogen-bond acceptors (Lipinski definition) is 3. The van der Waals surface area contributed by atoms with Gasteiger partial charge in [-0.3, -0.25) is 4.21 Å².